The van der Waals surface area contributed by atoms with E-state index in [2.05, 4.69) is 70.3 Å². The SMILES string of the molecule is CCNC(=O)C1CC1c1ccccc1Sc1ccc2nnc(C(C)C)n2c1. The molecule has 1 amide bonds. The summed E-state index contributed by atoms with van der Waals surface area (Å²) in [6, 6.07) is 12.5. The van der Waals surface area contributed by atoms with Crippen LogP contribution in [0.4, 0.5) is 0 Å². The van der Waals surface area contributed by atoms with E-state index < -0.39 is 0 Å². The number of amides is 1. The van der Waals surface area contributed by atoms with Crippen LogP contribution in [-0.2, 0) is 4.79 Å². The molecule has 1 saturated carbocycles. The van der Waals surface area contributed by atoms with Gasteiger partial charge in [0.2, 0.25) is 5.91 Å². The van der Waals surface area contributed by atoms with Gasteiger partial charge in [0, 0.05) is 34.4 Å². The molecule has 2 unspecified atom stereocenters. The van der Waals surface area contributed by atoms with Crippen molar-refractivity contribution in [2.75, 3.05) is 6.54 Å². The molecule has 1 aromatic carbocycles. The minimum atomic E-state index is 0.111. The zero-order chi connectivity index (χ0) is 19.0. The molecule has 27 heavy (non-hydrogen) atoms. The van der Waals surface area contributed by atoms with Gasteiger partial charge in [-0.2, -0.15) is 0 Å². The second kappa shape index (κ2) is 7.35. The van der Waals surface area contributed by atoms with Crippen LogP contribution >= 0.6 is 11.8 Å². The Morgan fingerprint density at radius 2 is 2.07 bits per heavy atom. The maximum absolute atomic E-state index is 12.1. The van der Waals surface area contributed by atoms with Crippen LogP contribution in [0.1, 0.15) is 50.4 Å². The van der Waals surface area contributed by atoms with E-state index in [1.165, 1.54) is 10.5 Å². The molecule has 5 nitrogen and oxygen atoms in total. The van der Waals surface area contributed by atoms with Gasteiger partial charge in [0.15, 0.2) is 5.65 Å². The largest absolute Gasteiger partial charge is 0.356 e. The van der Waals surface area contributed by atoms with E-state index in [1.807, 2.05) is 13.0 Å². The van der Waals surface area contributed by atoms with Crippen molar-refractivity contribution in [2.45, 2.75) is 48.8 Å². The molecule has 4 rings (SSSR count). The number of fused-ring (bicyclic) bond motifs is 1. The molecule has 0 aliphatic heterocycles. The third-order valence-electron chi connectivity index (χ3n) is 4.94. The fourth-order valence-corrected chi connectivity index (χ4v) is 4.52. The van der Waals surface area contributed by atoms with Gasteiger partial charge in [-0.15, -0.1) is 10.2 Å². The van der Waals surface area contributed by atoms with Crippen molar-refractivity contribution < 1.29 is 4.79 Å². The van der Waals surface area contributed by atoms with E-state index in [0.29, 0.717) is 18.4 Å². The number of carbonyl (C=O) groups is 1. The molecular formula is C21H24N4OS. The number of hydrogen-bond acceptors (Lipinski definition) is 4. The average molecular weight is 381 g/mol. The number of aromatic nitrogens is 3. The molecule has 0 saturated heterocycles. The highest BCUT2D eigenvalue weighted by atomic mass is 32.2. The van der Waals surface area contributed by atoms with Gasteiger partial charge < -0.3 is 5.32 Å². The van der Waals surface area contributed by atoms with Crippen LogP contribution in [0.2, 0.25) is 0 Å². The summed E-state index contributed by atoms with van der Waals surface area (Å²) in [5.41, 5.74) is 2.14. The highest BCUT2D eigenvalue weighted by Gasteiger charge is 2.44. The molecule has 0 radical (unpaired) electrons. The van der Waals surface area contributed by atoms with E-state index in [0.717, 1.165) is 22.8 Å². The van der Waals surface area contributed by atoms with Crippen molar-refractivity contribution in [3.05, 3.63) is 54.0 Å². The fraction of sp³-hybridized carbons (Fsp3) is 0.381. The smallest absolute Gasteiger partial charge is 0.223 e. The molecule has 2 heterocycles. The van der Waals surface area contributed by atoms with Crippen molar-refractivity contribution in [3.63, 3.8) is 0 Å². The van der Waals surface area contributed by atoms with Gasteiger partial charge in [-0.1, -0.05) is 43.8 Å². The van der Waals surface area contributed by atoms with Crippen LogP contribution in [0.15, 0.2) is 52.4 Å². The molecular weight excluding hydrogens is 356 g/mol. The normalized spacial score (nSPS) is 18.8. The van der Waals surface area contributed by atoms with Gasteiger partial charge in [0.25, 0.3) is 0 Å². The first kappa shape index (κ1) is 18.0. The van der Waals surface area contributed by atoms with Crippen LogP contribution in [0.3, 0.4) is 0 Å². The molecule has 2 aromatic heterocycles. The number of carbonyl (C=O) groups excluding carboxylic acids is 1. The van der Waals surface area contributed by atoms with Crippen molar-refractivity contribution in [1.29, 1.82) is 0 Å². The third-order valence-corrected chi connectivity index (χ3v) is 6.01. The number of benzene rings is 1. The second-order valence-corrected chi connectivity index (χ2v) is 8.40. The Bertz CT molecular complexity index is 981. The Balaban J connectivity index is 1.60. The predicted octanol–water partition coefficient (Wildman–Crippen LogP) is 4.24. The molecule has 1 N–H and O–H groups in total. The van der Waals surface area contributed by atoms with E-state index >= 15 is 0 Å². The number of rotatable bonds is 6. The van der Waals surface area contributed by atoms with Crippen LogP contribution in [0.25, 0.3) is 5.65 Å². The topological polar surface area (TPSA) is 59.3 Å². The van der Waals surface area contributed by atoms with E-state index in [4.69, 9.17) is 0 Å². The van der Waals surface area contributed by atoms with Crippen LogP contribution < -0.4 is 5.32 Å². The number of pyridine rings is 1. The van der Waals surface area contributed by atoms with Crippen LogP contribution in [0, 0.1) is 5.92 Å². The molecule has 6 heteroatoms. The maximum Gasteiger partial charge on any atom is 0.223 e. The lowest BCUT2D eigenvalue weighted by atomic mass is 10.1. The highest BCUT2D eigenvalue weighted by Crippen LogP contribution is 2.50. The van der Waals surface area contributed by atoms with Gasteiger partial charge in [0.05, 0.1) is 0 Å². The summed E-state index contributed by atoms with van der Waals surface area (Å²) in [7, 11) is 0. The average Bonchev–Trinajstić information content (AvgIpc) is 3.34. The highest BCUT2D eigenvalue weighted by molar-refractivity contribution is 7.99. The molecule has 140 valence electrons. The Morgan fingerprint density at radius 3 is 2.85 bits per heavy atom. The molecule has 1 aliphatic carbocycles. The van der Waals surface area contributed by atoms with Gasteiger partial charge >= 0.3 is 0 Å². The first-order chi connectivity index (χ1) is 13.1. The zero-order valence-electron chi connectivity index (χ0n) is 15.8. The van der Waals surface area contributed by atoms with Gasteiger partial charge in [-0.3, -0.25) is 9.20 Å². The summed E-state index contributed by atoms with van der Waals surface area (Å²) in [4.78, 5) is 14.5. The van der Waals surface area contributed by atoms with E-state index in [9.17, 15) is 4.79 Å². The Hall–Kier alpha value is -2.34. The molecule has 3 aromatic rings. The zero-order valence-corrected chi connectivity index (χ0v) is 16.7. The summed E-state index contributed by atoms with van der Waals surface area (Å²) >= 11 is 1.74. The van der Waals surface area contributed by atoms with Gasteiger partial charge in [-0.05, 0) is 43.0 Å². The van der Waals surface area contributed by atoms with Crippen LogP contribution in [0.5, 0.6) is 0 Å². The summed E-state index contributed by atoms with van der Waals surface area (Å²) < 4.78 is 2.07. The lowest BCUT2D eigenvalue weighted by Gasteiger charge is -2.10. The van der Waals surface area contributed by atoms with Crippen molar-refractivity contribution in [2.24, 2.45) is 5.92 Å². The fourth-order valence-electron chi connectivity index (χ4n) is 3.48. The predicted molar refractivity (Wildman–Crippen MR) is 107 cm³/mol. The van der Waals surface area contributed by atoms with E-state index in [1.54, 1.807) is 11.8 Å². The Labute approximate surface area is 163 Å². The first-order valence-electron chi connectivity index (χ1n) is 9.47. The summed E-state index contributed by atoms with van der Waals surface area (Å²) in [5.74, 6) is 1.90. The quantitative estimate of drug-likeness (QED) is 0.695. The molecule has 1 aliphatic rings. The minimum absolute atomic E-state index is 0.111. The van der Waals surface area contributed by atoms with Crippen LogP contribution in [-0.4, -0.2) is 27.0 Å². The maximum atomic E-state index is 12.1. The summed E-state index contributed by atoms with van der Waals surface area (Å²) in [6.07, 6.45) is 3.05. The lowest BCUT2D eigenvalue weighted by molar-refractivity contribution is -0.122. The van der Waals surface area contributed by atoms with Gasteiger partial charge in [0.1, 0.15) is 5.82 Å². The van der Waals surface area contributed by atoms with Crippen molar-refractivity contribution >= 4 is 23.3 Å². The van der Waals surface area contributed by atoms with E-state index in [-0.39, 0.29) is 11.8 Å². The van der Waals surface area contributed by atoms with Gasteiger partial charge in [-0.25, -0.2) is 0 Å². The monoisotopic (exact) mass is 380 g/mol. The van der Waals surface area contributed by atoms with Crippen molar-refractivity contribution in [1.82, 2.24) is 19.9 Å². The molecule has 0 bridgehead atoms. The third kappa shape index (κ3) is 3.58. The number of nitrogens with one attached hydrogen (secondary N) is 1. The summed E-state index contributed by atoms with van der Waals surface area (Å²) in [5, 5.41) is 11.5. The number of nitrogens with zero attached hydrogens (tertiary/aromatic N) is 3. The Morgan fingerprint density at radius 1 is 1.26 bits per heavy atom. The molecule has 0 spiro atoms. The summed E-state index contributed by atoms with van der Waals surface area (Å²) in [6.45, 7) is 6.90. The Kier molecular flexibility index (Phi) is 4.91. The minimum Gasteiger partial charge on any atom is -0.356 e. The second-order valence-electron chi connectivity index (χ2n) is 7.29. The van der Waals surface area contributed by atoms with Crippen molar-refractivity contribution in [3.8, 4) is 0 Å². The molecule has 2 atom stereocenters. The molecule has 1 fully saturated rings. The number of hydrogen-bond donors (Lipinski definition) is 1. The lowest BCUT2D eigenvalue weighted by Crippen LogP contribution is -2.24. The standard InChI is InChI=1S/C21H24N4OS/c1-4-22-21(26)17-11-16(17)15-7-5-6-8-18(15)27-14-9-10-19-23-24-20(13(2)3)25(19)12-14/h5-10,12-13,16-17H,4,11H2,1-3H3,(H,22,26). The first-order valence-corrected chi connectivity index (χ1v) is 10.3.